The lowest BCUT2D eigenvalue weighted by Gasteiger charge is -2.57. The first-order valence-corrected chi connectivity index (χ1v) is 9.43. The summed E-state index contributed by atoms with van der Waals surface area (Å²) in [5.41, 5.74) is 5.12. The van der Waals surface area contributed by atoms with Crippen LogP contribution in [-0.4, -0.2) is 21.4 Å². The molecule has 4 aliphatic carbocycles. The number of H-pyrrole nitrogens is 1. The molecule has 2 N–H and O–H groups in total. The van der Waals surface area contributed by atoms with E-state index in [1.54, 1.807) is 5.57 Å². The van der Waals surface area contributed by atoms with Crippen LogP contribution in [0.4, 0.5) is 0 Å². The van der Waals surface area contributed by atoms with Crippen molar-refractivity contribution in [2.75, 3.05) is 0 Å². The van der Waals surface area contributed by atoms with Crippen molar-refractivity contribution < 1.29 is 5.11 Å². The van der Waals surface area contributed by atoms with Crippen molar-refractivity contribution in [1.29, 1.82) is 0 Å². The van der Waals surface area contributed by atoms with Gasteiger partial charge in [-0.1, -0.05) is 25.5 Å². The molecule has 0 radical (unpaired) electrons. The predicted molar refractivity (Wildman–Crippen MR) is 90.0 cm³/mol. The number of hydrogen-bond donors (Lipinski definition) is 2. The summed E-state index contributed by atoms with van der Waals surface area (Å²) in [5.74, 6) is 2.38. The fourth-order valence-electron chi connectivity index (χ4n) is 6.85. The monoisotopic (exact) mass is 312 g/mol. The summed E-state index contributed by atoms with van der Waals surface area (Å²) < 4.78 is 0. The van der Waals surface area contributed by atoms with Gasteiger partial charge in [0, 0.05) is 11.1 Å². The second kappa shape index (κ2) is 4.50. The first-order chi connectivity index (χ1) is 11.0. The van der Waals surface area contributed by atoms with Crippen LogP contribution in [0.2, 0.25) is 0 Å². The van der Waals surface area contributed by atoms with Crippen molar-refractivity contribution in [2.24, 2.45) is 23.2 Å². The zero-order valence-electron chi connectivity index (χ0n) is 14.3. The van der Waals surface area contributed by atoms with E-state index in [0.717, 1.165) is 30.6 Å². The fourth-order valence-corrected chi connectivity index (χ4v) is 6.85. The van der Waals surface area contributed by atoms with E-state index in [-0.39, 0.29) is 6.10 Å². The minimum atomic E-state index is -0.0999. The van der Waals surface area contributed by atoms with Gasteiger partial charge in [-0.25, -0.2) is 0 Å². The molecule has 1 heterocycles. The lowest BCUT2D eigenvalue weighted by Crippen LogP contribution is -2.51. The van der Waals surface area contributed by atoms with E-state index in [0.29, 0.717) is 10.8 Å². The standard InChI is InChI=1S/C20H28N2O/c1-19-7-5-14(23)10-13(19)3-4-15-16(19)6-8-20(2)17(15)9-12-11-21-22-18(12)20/h3,11,14-17,23H,4-10H2,1-2H3,(H,21,22)/t14-,15+,16-,17-,19-,20-/m0/s1. The minimum Gasteiger partial charge on any atom is -0.393 e. The van der Waals surface area contributed by atoms with E-state index in [4.69, 9.17) is 0 Å². The maximum atomic E-state index is 10.1. The Balaban J connectivity index is 1.53. The molecule has 3 nitrogen and oxygen atoms in total. The number of aromatic nitrogens is 2. The molecule has 0 saturated heterocycles. The van der Waals surface area contributed by atoms with Crippen LogP contribution in [0, 0.1) is 23.2 Å². The molecule has 2 saturated carbocycles. The molecule has 3 heteroatoms. The molecule has 1 aromatic rings. The number of aromatic amines is 1. The highest BCUT2D eigenvalue weighted by Crippen LogP contribution is 2.63. The molecule has 0 bridgehead atoms. The Morgan fingerprint density at radius 2 is 1.96 bits per heavy atom. The number of hydrogen-bond acceptors (Lipinski definition) is 2. The first-order valence-electron chi connectivity index (χ1n) is 9.43. The smallest absolute Gasteiger partial charge is 0.0577 e. The van der Waals surface area contributed by atoms with E-state index in [1.807, 2.05) is 0 Å². The zero-order valence-corrected chi connectivity index (χ0v) is 14.3. The molecule has 0 aliphatic heterocycles. The molecule has 124 valence electrons. The number of aliphatic hydroxyl groups excluding tert-OH is 1. The van der Waals surface area contributed by atoms with Gasteiger partial charge in [-0.15, -0.1) is 0 Å². The normalized spacial score (nSPS) is 48.0. The molecule has 4 aliphatic rings. The second-order valence-electron chi connectivity index (χ2n) is 9.09. The molecule has 5 rings (SSSR count). The van der Waals surface area contributed by atoms with Crippen molar-refractivity contribution in [3.8, 4) is 0 Å². The van der Waals surface area contributed by atoms with Gasteiger partial charge in [-0.3, -0.25) is 5.10 Å². The Morgan fingerprint density at radius 3 is 2.83 bits per heavy atom. The highest BCUT2D eigenvalue weighted by molar-refractivity contribution is 5.36. The van der Waals surface area contributed by atoms with Crippen molar-refractivity contribution in [3.05, 3.63) is 29.1 Å². The number of aliphatic hydroxyl groups is 1. The van der Waals surface area contributed by atoms with E-state index in [1.165, 1.54) is 43.4 Å². The van der Waals surface area contributed by atoms with E-state index in [9.17, 15) is 5.11 Å². The van der Waals surface area contributed by atoms with Gasteiger partial charge >= 0.3 is 0 Å². The molecular weight excluding hydrogens is 284 g/mol. The van der Waals surface area contributed by atoms with Crippen LogP contribution in [0.1, 0.15) is 63.6 Å². The molecule has 23 heavy (non-hydrogen) atoms. The lowest BCUT2D eigenvalue weighted by atomic mass is 9.48. The van der Waals surface area contributed by atoms with Gasteiger partial charge < -0.3 is 5.11 Å². The average Bonchev–Trinajstić information content (AvgIpc) is 3.09. The summed E-state index contributed by atoms with van der Waals surface area (Å²) in [7, 11) is 0. The fraction of sp³-hybridized carbons (Fsp3) is 0.750. The van der Waals surface area contributed by atoms with Gasteiger partial charge in [0.2, 0.25) is 0 Å². The van der Waals surface area contributed by atoms with Crippen LogP contribution in [0.3, 0.4) is 0 Å². The van der Waals surface area contributed by atoms with Crippen molar-refractivity contribution in [2.45, 2.75) is 70.3 Å². The summed E-state index contributed by atoms with van der Waals surface area (Å²) >= 11 is 0. The van der Waals surface area contributed by atoms with Crippen LogP contribution in [0.5, 0.6) is 0 Å². The molecule has 2 fully saturated rings. The molecule has 0 spiro atoms. The summed E-state index contributed by atoms with van der Waals surface area (Å²) in [6.07, 6.45) is 12.6. The van der Waals surface area contributed by atoms with Gasteiger partial charge in [0.25, 0.3) is 0 Å². The molecule has 0 amide bonds. The molecule has 6 atom stereocenters. The van der Waals surface area contributed by atoms with Crippen LogP contribution >= 0.6 is 0 Å². The van der Waals surface area contributed by atoms with Gasteiger partial charge in [0.1, 0.15) is 0 Å². The number of nitrogens with zero attached hydrogens (tertiary/aromatic N) is 1. The number of allylic oxidation sites excluding steroid dienone is 1. The first kappa shape index (κ1) is 14.3. The highest BCUT2D eigenvalue weighted by atomic mass is 16.3. The topological polar surface area (TPSA) is 48.9 Å². The Kier molecular flexibility index (Phi) is 2.79. The third-order valence-corrected chi connectivity index (χ3v) is 8.20. The second-order valence-corrected chi connectivity index (χ2v) is 9.09. The summed E-state index contributed by atoms with van der Waals surface area (Å²) in [6, 6.07) is 0. The Bertz CT molecular complexity index is 677. The maximum Gasteiger partial charge on any atom is 0.0577 e. The zero-order chi connectivity index (χ0) is 15.8. The van der Waals surface area contributed by atoms with E-state index >= 15 is 0 Å². The van der Waals surface area contributed by atoms with Gasteiger partial charge in [-0.2, -0.15) is 5.10 Å². The number of rotatable bonds is 0. The SMILES string of the molecule is C[C@]12CC[C@H](O)CC1=CC[C@@H]1[C@@H]2CC[C@]2(C)c3[nH]ncc3C[C@@H]12. The quantitative estimate of drug-likeness (QED) is 0.717. The van der Waals surface area contributed by atoms with Gasteiger partial charge in [-0.05, 0) is 73.7 Å². The summed E-state index contributed by atoms with van der Waals surface area (Å²) in [5, 5.41) is 17.7. The Morgan fingerprint density at radius 1 is 1.13 bits per heavy atom. The Hall–Kier alpha value is -1.09. The highest BCUT2D eigenvalue weighted by Gasteiger charge is 2.57. The van der Waals surface area contributed by atoms with E-state index in [2.05, 4.69) is 36.3 Å². The largest absolute Gasteiger partial charge is 0.393 e. The summed E-state index contributed by atoms with van der Waals surface area (Å²) in [4.78, 5) is 0. The maximum absolute atomic E-state index is 10.1. The van der Waals surface area contributed by atoms with Crippen LogP contribution in [-0.2, 0) is 11.8 Å². The van der Waals surface area contributed by atoms with Crippen molar-refractivity contribution in [1.82, 2.24) is 10.2 Å². The Labute approximate surface area is 138 Å². The van der Waals surface area contributed by atoms with Crippen LogP contribution in [0.15, 0.2) is 17.8 Å². The van der Waals surface area contributed by atoms with Crippen molar-refractivity contribution in [3.63, 3.8) is 0 Å². The van der Waals surface area contributed by atoms with E-state index < -0.39 is 0 Å². The molecule has 0 unspecified atom stereocenters. The number of fused-ring (bicyclic) bond motifs is 7. The molecular formula is C20H28N2O. The molecule has 1 aromatic heterocycles. The minimum absolute atomic E-state index is 0.0999. The lowest BCUT2D eigenvalue weighted by molar-refractivity contribution is -0.0172. The third kappa shape index (κ3) is 1.72. The van der Waals surface area contributed by atoms with Crippen LogP contribution in [0.25, 0.3) is 0 Å². The predicted octanol–water partition coefficient (Wildman–Crippen LogP) is 3.75. The molecule has 0 aromatic carbocycles. The average molecular weight is 312 g/mol. The third-order valence-electron chi connectivity index (χ3n) is 8.20. The summed E-state index contributed by atoms with van der Waals surface area (Å²) in [6.45, 7) is 4.98. The number of nitrogens with one attached hydrogen (secondary N) is 1. The van der Waals surface area contributed by atoms with Gasteiger partial charge in [0.15, 0.2) is 0 Å². The van der Waals surface area contributed by atoms with Gasteiger partial charge in [0.05, 0.1) is 12.3 Å². The van der Waals surface area contributed by atoms with Crippen molar-refractivity contribution >= 4 is 0 Å². The van der Waals surface area contributed by atoms with Crippen LogP contribution < -0.4 is 0 Å².